The Bertz CT molecular complexity index is 523. The van der Waals surface area contributed by atoms with Crippen molar-refractivity contribution in [3.05, 3.63) is 29.0 Å². The van der Waals surface area contributed by atoms with Gasteiger partial charge in [0.2, 0.25) is 0 Å². The quantitative estimate of drug-likeness (QED) is 0.825. The highest BCUT2D eigenvalue weighted by Crippen LogP contribution is 2.36. The molecule has 0 bridgehead atoms. The van der Waals surface area contributed by atoms with Gasteiger partial charge in [-0.05, 0) is 47.9 Å². The minimum atomic E-state index is 0.541. The van der Waals surface area contributed by atoms with Crippen LogP contribution in [-0.4, -0.2) is 10.2 Å². The van der Waals surface area contributed by atoms with Crippen LogP contribution in [0.15, 0.2) is 12.3 Å². The molecule has 0 amide bonds. The third-order valence-electron chi connectivity index (χ3n) is 3.72. The van der Waals surface area contributed by atoms with E-state index >= 15 is 0 Å². The number of fused-ring (bicyclic) bond motifs is 1. The fourth-order valence-electron chi connectivity index (χ4n) is 2.75. The van der Waals surface area contributed by atoms with E-state index in [4.69, 9.17) is 0 Å². The maximum atomic E-state index is 4.19. The average molecular weight is 230 g/mol. The van der Waals surface area contributed by atoms with Gasteiger partial charge in [-0.3, -0.25) is 5.10 Å². The van der Waals surface area contributed by atoms with Crippen molar-refractivity contribution in [3.63, 3.8) is 0 Å². The molecule has 1 aromatic carbocycles. The zero-order chi connectivity index (χ0) is 12.6. The summed E-state index contributed by atoms with van der Waals surface area (Å²) in [6, 6.07) is 2.23. The van der Waals surface area contributed by atoms with E-state index in [-0.39, 0.29) is 0 Å². The highest BCUT2D eigenvalue weighted by atomic mass is 15.1. The molecule has 1 heterocycles. The predicted octanol–water partition coefficient (Wildman–Crippen LogP) is 4.51. The second kappa shape index (κ2) is 4.52. The van der Waals surface area contributed by atoms with Crippen molar-refractivity contribution >= 4 is 10.9 Å². The Hall–Kier alpha value is -1.31. The van der Waals surface area contributed by atoms with E-state index in [9.17, 15) is 0 Å². The van der Waals surface area contributed by atoms with Crippen LogP contribution in [-0.2, 0) is 0 Å². The topological polar surface area (TPSA) is 28.7 Å². The summed E-state index contributed by atoms with van der Waals surface area (Å²) in [6.07, 6.45) is 3.15. The first-order valence-electron chi connectivity index (χ1n) is 6.52. The predicted molar refractivity (Wildman–Crippen MR) is 73.6 cm³/mol. The molecule has 1 atom stereocenters. The van der Waals surface area contributed by atoms with Crippen LogP contribution in [0.5, 0.6) is 0 Å². The minimum Gasteiger partial charge on any atom is -0.278 e. The van der Waals surface area contributed by atoms with Crippen LogP contribution in [0.3, 0.4) is 0 Å². The number of nitrogens with zero attached hydrogens (tertiary/aromatic N) is 1. The van der Waals surface area contributed by atoms with E-state index in [0.717, 1.165) is 0 Å². The summed E-state index contributed by atoms with van der Waals surface area (Å²) in [4.78, 5) is 0. The van der Waals surface area contributed by atoms with Crippen molar-refractivity contribution in [1.29, 1.82) is 0 Å². The first kappa shape index (κ1) is 12.2. The summed E-state index contributed by atoms with van der Waals surface area (Å²) in [5.41, 5.74) is 5.55. The van der Waals surface area contributed by atoms with Gasteiger partial charge in [0.1, 0.15) is 0 Å². The number of aromatic amines is 1. The Morgan fingerprint density at radius 1 is 1.24 bits per heavy atom. The maximum Gasteiger partial charge on any atom is 0.0656 e. The molecule has 0 saturated carbocycles. The fraction of sp³-hybridized carbons (Fsp3) is 0.533. The molecule has 2 aromatic rings. The Labute approximate surface area is 103 Å². The van der Waals surface area contributed by atoms with E-state index in [1.807, 2.05) is 6.20 Å². The number of H-pyrrole nitrogens is 1. The van der Waals surface area contributed by atoms with Crippen LogP contribution < -0.4 is 0 Å². The van der Waals surface area contributed by atoms with Crippen LogP contribution in [0.1, 0.15) is 62.6 Å². The minimum absolute atomic E-state index is 0.541. The Morgan fingerprint density at radius 2 is 1.94 bits per heavy atom. The lowest BCUT2D eigenvalue weighted by molar-refractivity contribution is 0.706. The molecule has 17 heavy (non-hydrogen) atoms. The van der Waals surface area contributed by atoms with Crippen LogP contribution in [0.4, 0.5) is 0 Å². The molecule has 2 heteroatoms. The van der Waals surface area contributed by atoms with Gasteiger partial charge < -0.3 is 0 Å². The molecule has 92 valence electrons. The normalized spacial score (nSPS) is 13.5. The molecule has 0 aliphatic rings. The monoisotopic (exact) mass is 230 g/mol. The van der Waals surface area contributed by atoms with Crippen molar-refractivity contribution in [1.82, 2.24) is 10.2 Å². The lowest BCUT2D eigenvalue weighted by Gasteiger charge is -2.21. The van der Waals surface area contributed by atoms with Gasteiger partial charge in [0.05, 0.1) is 11.7 Å². The zero-order valence-corrected chi connectivity index (χ0v) is 11.5. The number of aryl methyl sites for hydroxylation is 1. The number of nitrogens with one attached hydrogen (secondary N) is 1. The molecular weight excluding hydrogens is 208 g/mol. The lowest BCUT2D eigenvalue weighted by Crippen LogP contribution is -2.04. The molecule has 2 nitrogen and oxygen atoms in total. The summed E-state index contributed by atoms with van der Waals surface area (Å²) in [5.74, 6) is 1.16. The molecule has 0 saturated heterocycles. The van der Waals surface area contributed by atoms with Crippen molar-refractivity contribution in [2.24, 2.45) is 0 Å². The van der Waals surface area contributed by atoms with Gasteiger partial charge in [-0.2, -0.15) is 5.10 Å². The van der Waals surface area contributed by atoms with Crippen molar-refractivity contribution in [3.8, 4) is 0 Å². The summed E-state index contributed by atoms with van der Waals surface area (Å²) in [7, 11) is 0. The van der Waals surface area contributed by atoms with Gasteiger partial charge in [-0.25, -0.2) is 0 Å². The molecule has 0 spiro atoms. The zero-order valence-electron chi connectivity index (χ0n) is 11.5. The van der Waals surface area contributed by atoms with Crippen LogP contribution in [0.25, 0.3) is 10.9 Å². The third-order valence-corrected chi connectivity index (χ3v) is 3.72. The fourth-order valence-corrected chi connectivity index (χ4v) is 2.75. The van der Waals surface area contributed by atoms with Crippen LogP contribution in [0, 0.1) is 6.92 Å². The molecule has 0 fully saturated rings. The number of rotatable bonds is 3. The number of aromatic nitrogens is 2. The standard InChI is InChI=1S/C15H22N2/c1-6-10(4)15-11(5)7-13-12(8-16-17-13)14(15)9(2)3/h7-10H,6H2,1-5H3,(H,16,17)/t10-/m0/s1. The first-order chi connectivity index (χ1) is 8.06. The average Bonchev–Trinajstić information content (AvgIpc) is 2.73. The summed E-state index contributed by atoms with van der Waals surface area (Å²) < 4.78 is 0. The molecule has 0 unspecified atom stereocenters. The van der Waals surface area contributed by atoms with Crippen molar-refractivity contribution in [2.75, 3.05) is 0 Å². The van der Waals surface area contributed by atoms with E-state index in [2.05, 4.69) is 50.9 Å². The van der Waals surface area contributed by atoms with Gasteiger partial charge in [0.25, 0.3) is 0 Å². The Balaban J connectivity index is 2.79. The smallest absolute Gasteiger partial charge is 0.0656 e. The van der Waals surface area contributed by atoms with Gasteiger partial charge in [-0.15, -0.1) is 0 Å². The highest BCUT2D eigenvalue weighted by Gasteiger charge is 2.18. The molecule has 1 aromatic heterocycles. The van der Waals surface area contributed by atoms with E-state index in [0.29, 0.717) is 11.8 Å². The third kappa shape index (κ3) is 1.97. The van der Waals surface area contributed by atoms with Crippen LogP contribution in [0.2, 0.25) is 0 Å². The van der Waals surface area contributed by atoms with Gasteiger partial charge >= 0.3 is 0 Å². The van der Waals surface area contributed by atoms with Gasteiger partial charge in [-0.1, -0.05) is 27.7 Å². The highest BCUT2D eigenvalue weighted by molar-refractivity contribution is 5.84. The summed E-state index contributed by atoms with van der Waals surface area (Å²) in [5, 5.41) is 8.57. The number of benzene rings is 1. The maximum absolute atomic E-state index is 4.19. The van der Waals surface area contributed by atoms with Gasteiger partial charge in [0.15, 0.2) is 0 Å². The molecule has 0 aliphatic carbocycles. The SMILES string of the molecule is CC[C@H](C)c1c(C)cc2[nH]ncc2c1C(C)C. The lowest BCUT2D eigenvalue weighted by atomic mass is 9.83. The van der Waals surface area contributed by atoms with Gasteiger partial charge in [0, 0.05) is 5.39 Å². The number of hydrogen-bond acceptors (Lipinski definition) is 1. The number of hydrogen-bond donors (Lipinski definition) is 1. The molecule has 0 radical (unpaired) electrons. The largest absolute Gasteiger partial charge is 0.278 e. The van der Waals surface area contributed by atoms with Crippen molar-refractivity contribution < 1.29 is 0 Å². The molecule has 1 N–H and O–H groups in total. The van der Waals surface area contributed by atoms with Crippen LogP contribution >= 0.6 is 0 Å². The first-order valence-corrected chi connectivity index (χ1v) is 6.52. The summed E-state index contributed by atoms with van der Waals surface area (Å²) in [6.45, 7) is 11.3. The Morgan fingerprint density at radius 3 is 2.53 bits per heavy atom. The van der Waals surface area contributed by atoms with E-state index in [1.165, 1.54) is 34.0 Å². The molecule has 2 rings (SSSR count). The van der Waals surface area contributed by atoms with E-state index < -0.39 is 0 Å². The molecular formula is C15H22N2. The van der Waals surface area contributed by atoms with Crippen molar-refractivity contribution in [2.45, 2.75) is 52.9 Å². The van der Waals surface area contributed by atoms with E-state index in [1.54, 1.807) is 0 Å². The molecule has 0 aliphatic heterocycles. The summed E-state index contributed by atoms with van der Waals surface area (Å²) >= 11 is 0. The second-order valence-corrected chi connectivity index (χ2v) is 5.32. The Kier molecular flexibility index (Phi) is 3.23. The second-order valence-electron chi connectivity index (χ2n) is 5.32.